The van der Waals surface area contributed by atoms with Gasteiger partial charge >= 0.3 is 5.97 Å². The number of hydrogen-bond acceptors (Lipinski definition) is 5. The molecule has 3 heterocycles. The zero-order chi connectivity index (χ0) is 31.9. The van der Waals surface area contributed by atoms with Crippen LogP contribution in [0.2, 0.25) is 0 Å². The van der Waals surface area contributed by atoms with Crippen molar-refractivity contribution in [2.24, 2.45) is 5.41 Å². The highest BCUT2D eigenvalue weighted by molar-refractivity contribution is 5.92. The maximum Gasteiger partial charge on any atom is 0.335 e. The first-order valence-electron chi connectivity index (χ1n) is 14.1. The van der Waals surface area contributed by atoms with Crippen molar-refractivity contribution in [1.82, 2.24) is 14.5 Å². The summed E-state index contributed by atoms with van der Waals surface area (Å²) >= 11 is 0. The molecule has 0 radical (unpaired) electrons. The zero-order valence-electron chi connectivity index (χ0n) is 24.4. The van der Waals surface area contributed by atoms with Crippen LogP contribution in [-0.4, -0.2) is 38.8 Å². The monoisotopic (exact) mass is 612 g/mol. The number of imidazole rings is 1. The Morgan fingerprint density at radius 2 is 1.84 bits per heavy atom. The molecule has 3 aromatic carbocycles. The number of rotatable bonds is 8. The first-order chi connectivity index (χ1) is 21.5. The van der Waals surface area contributed by atoms with Crippen molar-refractivity contribution in [1.29, 1.82) is 0 Å². The molecule has 6 rings (SSSR count). The van der Waals surface area contributed by atoms with Gasteiger partial charge in [-0.2, -0.15) is 0 Å². The SMILES string of the molecule is [C-]#[N+]c1ccc(COc2cccc(-c3cc(F)c(Cc4nc5ccc(C(=O)O)cc5n4[C@H]4COCC4(C)C)cc3F)n2)c(F)c1. The molecule has 0 saturated carbocycles. The number of carboxylic acids is 1. The van der Waals surface area contributed by atoms with E-state index in [1.54, 1.807) is 18.2 Å². The molecule has 1 aliphatic heterocycles. The van der Waals surface area contributed by atoms with Crippen LogP contribution in [0.1, 0.15) is 47.2 Å². The first-order valence-corrected chi connectivity index (χ1v) is 14.1. The van der Waals surface area contributed by atoms with E-state index < -0.39 is 23.4 Å². The molecular formula is C34H27F3N4O4. The maximum absolute atomic E-state index is 15.6. The van der Waals surface area contributed by atoms with Gasteiger partial charge in [-0.25, -0.2) is 32.8 Å². The van der Waals surface area contributed by atoms with Gasteiger partial charge in [0.2, 0.25) is 5.88 Å². The van der Waals surface area contributed by atoms with Gasteiger partial charge in [0.1, 0.15) is 29.9 Å². The quantitative estimate of drug-likeness (QED) is 0.182. The maximum atomic E-state index is 15.6. The van der Waals surface area contributed by atoms with Gasteiger partial charge in [0.25, 0.3) is 0 Å². The van der Waals surface area contributed by atoms with E-state index in [-0.39, 0.29) is 64.0 Å². The Morgan fingerprint density at radius 3 is 2.56 bits per heavy atom. The van der Waals surface area contributed by atoms with Gasteiger partial charge in [-0.05, 0) is 48.0 Å². The Morgan fingerprint density at radius 1 is 1.04 bits per heavy atom. The minimum Gasteiger partial charge on any atom is -0.478 e. The zero-order valence-corrected chi connectivity index (χ0v) is 24.4. The highest BCUT2D eigenvalue weighted by Crippen LogP contribution is 2.40. The smallest absolute Gasteiger partial charge is 0.335 e. The Kier molecular flexibility index (Phi) is 7.76. The largest absolute Gasteiger partial charge is 0.478 e. The summed E-state index contributed by atoms with van der Waals surface area (Å²) in [5, 5.41) is 9.58. The van der Waals surface area contributed by atoms with Crippen LogP contribution in [0, 0.1) is 29.4 Å². The van der Waals surface area contributed by atoms with Crippen molar-refractivity contribution in [2.75, 3.05) is 13.2 Å². The molecule has 228 valence electrons. The number of carbonyl (C=O) groups is 1. The van der Waals surface area contributed by atoms with Gasteiger partial charge in [0.05, 0.1) is 48.1 Å². The Bertz CT molecular complexity index is 2000. The fourth-order valence-corrected chi connectivity index (χ4v) is 5.54. The number of carboxylic acid groups (broad SMARTS) is 1. The van der Waals surface area contributed by atoms with Crippen LogP contribution in [0.5, 0.6) is 5.88 Å². The summed E-state index contributed by atoms with van der Waals surface area (Å²) in [6, 6.07) is 15.2. The number of benzene rings is 3. The molecule has 0 amide bonds. The number of nitrogens with zero attached hydrogens (tertiary/aromatic N) is 4. The van der Waals surface area contributed by atoms with E-state index >= 15 is 8.78 Å². The third-order valence-corrected chi connectivity index (χ3v) is 8.00. The van der Waals surface area contributed by atoms with Gasteiger partial charge in [0.15, 0.2) is 5.69 Å². The van der Waals surface area contributed by atoms with Gasteiger partial charge < -0.3 is 19.1 Å². The fraction of sp³-hybridized carbons (Fsp3) is 0.235. The summed E-state index contributed by atoms with van der Waals surface area (Å²) in [6.07, 6.45) is -0.0544. The van der Waals surface area contributed by atoms with Gasteiger partial charge in [0, 0.05) is 29.0 Å². The van der Waals surface area contributed by atoms with Crippen molar-refractivity contribution in [3.63, 3.8) is 0 Å². The molecular weight excluding hydrogens is 585 g/mol. The lowest BCUT2D eigenvalue weighted by Gasteiger charge is -2.28. The molecule has 0 unspecified atom stereocenters. The second-order valence-electron chi connectivity index (χ2n) is 11.6. The second kappa shape index (κ2) is 11.7. The molecule has 2 aromatic heterocycles. The standard InChI is InChI=1S/C34H27F3N4O4/c1-34(2)18-44-17-30(34)41-29-12-19(33(42)43)8-10-28(29)39-31(41)13-21-11-26(37)23(15-25(21)36)27-5-4-6-32(40-27)45-16-20-7-9-22(38-3)14-24(20)35/h4-12,14-15,30H,13,16-18H2,1-2H3,(H,42,43)/t30-/m0/s1. The minimum absolute atomic E-state index is 0.0544. The van der Waals surface area contributed by atoms with E-state index in [2.05, 4.69) is 9.83 Å². The van der Waals surface area contributed by atoms with E-state index in [1.165, 1.54) is 30.3 Å². The molecule has 11 heteroatoms. The number of hydrogen-bond donors (Lipinski definition) is 1. The van der Waals surface area contributed by atoms with Gasteiger partial charge in [-0.3, -0.25) is 0 Å². The predicted molar refractivity (Wildman–Crippen MR) is 160 cm³/mol. The average Bonchev–Trinajstić information content (AvgIpc) is 3.55. The third-order valence-electron chi connectivity index (χ3n) is 8.00. The number of aromatic nitrogens is 3. The summed E-state index contributed by atoms with van der Waals surface area (Å²) in [7, 11) is 0. The lowest BCUT2D eigenvalue weighted by Crippen LogP contribution is -2.27. The molecule has 1 atom stereocenters. The predicted octanol–water partition coefficient (Wildman–Crippen LogP) is 7.53. The summed E-state index contributed by atoms with van der Waals surface area (Å²) in [5.74, 6) is -2.52. The normalized spacial score (nSPS) is 15.7. The molecule has 1 N–H and O–H groups in total. The summed E-state index contributed by atoms with van der Waals surface area (Å²) in [6.45, 7) is 11.7. The number of pyridine rings is 1. The van der Waals surface area contributed by atoms with Crippen LogP contribution < -0.4 is 4.74 Å². The van der Waals surface area contributed by atoms with Crippen molar-refractivity contribution in [2.45, 2.75) is 32.9 Å². The number of ether oxygens (including phenoxy) is 2. The number of halogens is 3. The highest BCUT2D eigenvalue weighted by Gasteiger charge is 2.39. The Hall–Kier alpha value is -5.21. The third kappa shape index (κ3) is 5.84. The molecule has 8 nitrogen and oxygen atoms in total. The number of aromatic carboxylic acids is 1. The lowest BCUT2D eigenvalue weighted by molar-refractivity contribution is 0.0697. The van der Waals surface area contributed by atoms with Crippen molar-refractivity contribution in [3.8, 4) is 17.1 Å². The lowest BCUT2D eigenvalue weighted by atomic mass is 9.87. The average molecular weight is 613 g/mol. The number of fused-ring (bicyclic) bond motifs is 1. The minimum atomic E-state index is -1.08. The van der Waals surface area contributed by atoms with Crippen molar-refractivity contribution < 1.29 is 32.5 Å². The van der Waals surface area contributed by atoms with Crippen molar-refractivity contribution in [3.05, 3.63) is 118 Å². The van der Waals surface area contributed by atoms with Gasteiger partial charge in [-0.1, -0.05) is 32.0 Å². The highest BCUT2D eigenvalue weighted by atomic mass is 19.1. The van der Waals surface area contributed by atoms with Crippen LogP contribution in [0.25, 0.3) is 27.1 Å². The molecule has 1 fully saturated rings. The molecule has 0 spiro atoms. The van der Waals surface area contributed by atoms with Crippen LogP contribution in [0.15, 0.2) is 66.7 Å². The van der Waals surface area contributed by atoms with E-state index in [4.69, 9.17) is 21.0 Å². The Labute approximate surface area is 256 Å². The van der Waals surface area contributed by atoms with Crippen LogP contribution in [0.4, 0.5) is 18.9 Å². The van der Waals surface area contributed by atoms with E-state index in [1.807, 2.05) is 18.4 Å². The molecule has 5 aromatic rings. The molecule has 0 aliphatic carbocycles. The van der Waals surface area contributed by atoms with E-state index in [0.717, 1.165) is 18.2 Å². The fourth-order valence-electron chi connectivity index (χ4n) is 5.54. The molecule has 0 bridgehead atoms. The van der Waals surface area contributed by atoms with Gasteiger partial charge in [-0.15, -0.1) is 0 Å². The summed E-state index contributed by atoms with van der Waals surface area (Å²) in [4.78, 5) is 23.9. The second-order valence-corrected chi connectivity index (χ2v) is 11.6. The van der Waals surface area contributed by atoms with E-state index in [9.17, 15) is 14.3 Å². The summed E-state index contributed by atoms with van der Waals surface area (Å²) in [5.41, 5.74) is 1.38. The van der Waals surface area contributed by atoms with Crippen LogP contribution >= 0.6 is 0 Å². The van der Waals surface area contributed by atoms with Crippen LogP contribution in [-0.2, 0) is 17.8 Å². The summed E-state index contributed by atoms with van der Waals surface area (Å²) < 4.78 is 58.7. The molecule has 1 saturated heterocycles. The topological polar surface area (TPSA) is 90.8 Å². The van der Waals surface area contributed by atoms with E-state index in [0.29, 0.717) is 30.1 Å². The molecule has 1 aliphatic rings. The van der Waals surface area contributed by atoms with Crippen molar-refractivity contribution >= 4 is 22.7 Å². The van der Waals surface area contributed by atoms with Crippen LogP contribution in [0.3, 0.4) is 0 Å². The Balaban J connectivity index is 1.30. The molecule has 45 heavy (non-hydrogen) atoms. The first kappa shape index (κ1) is 29.8.